The fraction of sp³-hybridized carbons (Fsp3) is 0.471. The third-order valence-corrected chi connectivity index (χ3v) is 4.44. The van der Waals surface area contributed by atoms with Crippen LogP contribution in [0.1, 0.15) is 30.2 Å². The Labute approximate surface area is 161 Å². The van der Waals surface area contributed by atoms with E-state index in [1.165, 1.54) is 7.11 Å². The summed E-state index contributed by atoms with van der Waals surface area (Å²) >= 11 is 0. The van der Waals surface area contributed by atoms with Crippen LogP contribution < -0.4 is 15.4 Å². The summed E-state index contributed by atoms with van der Waals surface area (Å²) in [4.78, 5) is 12.1. The van der Waals surface area contributed by atoms with Gasteiger partial charge in [0.1, 0.15) is 23.4 Å². The summed E-state index contributed by atoms with van der Waals surface area (Å²) in [5.41, 5.74) is -0.313. The molecule has 1 aromatic heterocycles. The molecule has 2 N–H and O–H groups in total. The third-order valence-electron chi connectivity index (χ3n) is 4.44. The van der Waals surface area contributed by atoms with Crippen LogP contribution in [0.25, 0.3) is 0 Å². The first-order chi connectivity index (χ1) is 13.7. The number of aromatic nitrogens is 2. The van der Waals surface area contributed by atoms with E-state index in [1.807, 2.05) is 0 Å². The number of carbonyl (C=O) groups excluding carboxylic acids is 1. The second-order valence-corrected chi connectivity index (χ2v) is 6.45. The molecule has 1 amide bonds. The van der Waals surface area contributed by atoms with Crippen LogP contribution in [-0.2, 0) is 11.2 Å². The van der Waals surface area contributed by atoms with Crippen LogP contribution in [0.3, 0.4) is 0 Å². The summed E-state index contributed by atoms with van der Waals surface area (Å²) < 4.78 is 75.4. The molecule has 2 aromatic rings. The lowest BCUT2D eigenvalue weighted by molar-refractivity contribution is -0.135. The Morgan fingerprint density at radius 3 is 2.59 bits per heavy atom. The Kier molecular flexibility index (Phi) is 5.89. The molecule has 2 heterocycles. The van der Waals surface area contributed by atoms with Gasteiger partial charge in [0.15, 0.2) is 0 Å². The van der Waals surface area contributed by atoms with Gasteiger partial charge >= 0.3 is 12.2 Å². The maximum absolute atomic E-state index is 14.4. The van der Waals surface area contributed by atoms with Crippen molar-refractivity contribution >= 4 is 11.9 Å². The quantitative estimate of drug-likeness (QED) is 0.670. The SMILES string of the molecule is COc1cc(F)c([C@@H]2CNC(=O)[C@H]2Nc2nnc(CCCC(F)(F)F)o2)c(F)c1. The van der Waals surface area contributed by atoms with Crippen LogP contribution in [0, 0.1) is 11.6 Å². The minimum Gasteiger partial charge on any atom is -0.497 e. The first kappa shape index (κ1) is 20.8. The van der Waals surface area contributed by atoms with E-state index in [9.17, 15) is 26.7 Å². The number of aryl methyl sites for hydroxylation is 1. The summed E-state index contributed by atoms with van der Waals surface area (Å²) in [7, 11) is 1.26. The zero-order valence-corrected chi connectivity index (χ0v) is 15.1. The van der Waals surface area contributed by atoms with Gasteiger partial charge in [0.25, 0.3) is 0 Å². The van der Waals surface area contributed by atoms with Gasteiger partial charge in [0.05, 0.1) is 7.11 Å². The number of methoxy groups -OCH3 is 1. The van der Waals surface area contributed by atoms with Gasteiger partial charge in [-0.25, -0.2) is 8.78 Å². The van der Waals surface area contributed by atoms with E-state index in [4.69, 9.17) is 9.15 Å². The smallest absolute Gasteiger partial charge is 0.389 e. The number of carbonyl (C=O) groups is 1. The van der Waals surface area contributed by atoms with Gasteiger partial charge < -0.3 is 19.8 Å². The molecule has 1 fully saturated rings. The van der Waals surface area contributed by atoms with Gasteiger partial charge in [0.2, 0.25) is 11.8 Å². The number of anilines is 1. The lowest BCUT2D eigenvalue weighted by atomic mass is 9.93. The molecule has 1 aromatic carbocycles. The molecule has 0 saturated carbocycles. The van der Waals surface area contributed by atoms with E-state index in [0.717, 1.165) is 12.1 Å². The van der Waals surface area contributed by atoms with Crippen molar-refractivity contribution in [2.24, 2.45) is 0 Å². The minimum atomic E-state index is -4.29. The van der Waals surface area contributed by atoms with Crippen molar-refractivity contribution in [3.05, 3.63) is 35.2 Å². The topological polar surface area (TPSA) is 89.3 Å². The van der Waals surface area contributed by atoms with Crippen LogP contribution in [0.2, 0.25) is 0 Å². The first-order valence-corrected chi connectivity index (χ1v) is 8.64. The van der Waals surface area contributed by atoms with E-state index in [0.29, 0.717) is 0 Å². The summed E-state index contributed by atoms with van der Waals surface area (Å²) in [6.07, 6.45) is -5.62. The van der Waals surface area contributed by atoms with Crippen molar-refractivity contribution in [1.82, 2.24) is 15.5 Å². The Morgan fingerprint density at radius 2 is 1.97 bits per heavy atom. The number of hydrogen-bond donors (Lipinski definition) is 2. The molecule has 158 valence electrons. The Bertz CT molecular complexity index is 863. The fourth-order valence-corrected chi connectivity index (χ4v) is 3.08. The maximum atomic E-state index is 14.4. The summed E-state index contributed by atoms with van der Waals surface area (Å²) in [6.45, 7) is -0.0384. The zero-order chi connectivity index (χ0) is 21.2. The average molecular weight is 420 g/mol. The Morgan fingerprint density at radius 1 is 1.28 bits per heavy atom. The number of halogens is 5. The molecule has 12 heteroatoms. The number of nitrogens with zero attached hydrogens (tertiary/aromatic N) is 2. The fourth-order valence-electron chi connectivity index (χ4n) is 3.08. The number of rotatable bonds is 7. The zero-order valence-electron chi connectivity index (χ0n) is 15.1. The molecule has 1 saturated heterocycles. The number of benzene rings is 1. The van der Waals surface area contributed by atoms with Crippen LogP contribution in [0.5, 0.6) is 5.75 Å². The summed E-state index contributed by atoms with van der Waals surface area (Å²) in [5.74, 6) is -3.28. The molecule has 0 spiro atoms. The highest BCUT2D eigenvalue weighted by molar-refractivity contribution is 5.88. The monoisotopic (exact) mass is 420 g/mol. The maximum Gasteiger partial charge on any atom is 0.389 e. The van der Waals surface area contributed by atoms with Gasteiger partial charge in [-0.2, -0.15) is 13.2 Å². The first-order valence-electron chi connectivity index (χ1n) is 8.64. The van der Waals surface area contributed by atoms with E-state index < -0.39 is 42.1 Å². The molecule has 1 aliphatic rings. The molecule has 1 aliphatic heterocycles. The van der Waals surface area contributed by atoms with Crippen molar-refractivity contribution < 1.29 is 35.9 Å². The van der Waals surface area contributed by atoms with Crippen molar-refractivity contribution in [3.8, 4) is 5.75 Å². The predicted molar refractivity (Wildman–Crippen MR) is 89.4 cm³/mol. The second-order valence-electron chi connectivity index (χ2n) is 6.45. The number of hydrogen-bond acceptors (Lipinski definition) is 6. The van der Waals surface area contributed by atoms with E-state index in [1.54, 1.807) is 0 Å². The highest BCUT2D eigenvalue weighted by Gasteiger charge is 2.40. The molecular formula is C17H17F5N4O3. The number of amides is 1. The standard InChI is InChI=1S/C17H17F5N4O3/c1-28-8-5-10(18)13(11(19)6-8)9-7-23-15(27)14(9)24-16-26-25-12(29-16)3-2-4-17(20,21)22/h5-6,9,14H,2-4,7H2,1H3,(H,23,27)(H,24,26)/t9-,14-/m0/s1. The van der Waals surface area contributed by atoms with E-state index in [-0.39, 0.29) is 42.6 Å². The third kappa shape index (κ3) is 4.93. The molecular weight excluding hydrogens is 403 g/mol. The lowest BCUT2D eigenvalue weighted by Gasteiger charge is -2.19. The highest BCUT2D eigenvalue weighted by atomic mass is 19.4. The normalized spacial score (nSPS) is 19.3. The molecule has 29 heavy (non-hydrogen) atoms. The largest absolute Gasteiger partial charge is 0.497 e. The second kappa shape index (κ2) is 8.21. The van der Waals surface area contributed by atoms with Gasteiger partial charge in [-0.1, -0.05) is 5.10 Å². The van der Waals surface area contributed by atoms with Crippen LogP contribution in [0.15, 0.2) is 16.5 Å². The van der Waals surface area contributed by atoms with E-state index in [2.05, 4.69) is 20.8 Å². The predicted octanol–water partition coefficient (Wildman–Crippen LogP) is 2.94. The van der Waals surface area contributed by atoms with Gasteiger partial charge in [-0.05, 0) is 6.42 Å². The Balaban J connectivity index is 1.72. The molecule has 7 nitrogen and oxygen atoms in total. The molecule has 0 aliphatic carbocycles. The lowest BCUT2D eigenvalue weighted by Crippen LogP contribution is -2.33. The molecule has 0 radical (unpaired) electrons. The van der Waals surface area contributed by atoms with Gasteiger partial charge in [0, 0.05) is 43.0 Å². The summed E-state index contributed by atoms with van der Waals surface area (Å²) in [6, 6.07) is 0.664. The van der Waals surface area contributed by atoms with Gasteiger partial charge in [-0.3, -0.25) is 4.79 Å². The van der Waals surface area contributed by atoms with Gasteiger partial charge in [-0.15, -0.1) is 5.10 Å². The number of alkyl halides is 3. The molecule has 0 unspecified atom stereocenters. The summed E-state index contributed by atoms with van der Waals surface area (Å²) in [5, 5.41) is 12.4. The van der Waals surface area contributed by atoms with Crippen LogP contribution in [0.4, 0.5) is 28.0 Å². The number of ether oxygens (including phenoxy) is 1. The molecule has 2 atom stereocenters. The minimum absolute atomic E-state index is 0.00839. The number of nitrogens with one attached hydrogen (secondary N) is 2. The molecule has 3 rings (SSSR count). The van der Waals surface area contributed by atoms with E-state index >= 15 is 0 Å². The Hall–Kier alpha value is -2.92. The average Bonchev–Trinajstić information content (AvgIpc) is 3.21. The highest BCUT2D eigenvalue weighted by Crippen LogP contribution is 2.32. The van der Waals surface area contributed by atoms with Crippen molar-refractivity contribution in [1.29, 1.82) is 0 Å². The van der Waals surface area contributed by atoms with Crippen molar-refractivity contribution in [3.63, 3.8) is 0 Å². The van der Waals surface area contributed by atoms with Crippen LogP contribution in [-0.4, -0.2) is 42.0 Å². The molecule has 0 bridgehead atoms. The van der Waals surface area contributed by atoms with Crippen LogP contribution >= 0.6 is 0 Å². The van der Waals surface area contributed by atoms with Crippen molar-refractivity contribution in [2.45, 2.75) is 37.4 Å². The van der Waals surface area contributed by atoms with Crippen molar-refractivity contribution in [2.75, 3.05) is 19.0 Å².